The van der Waals surface area contributed by atoms with Crippen molar-refractivity contribution < 1.29 is 14.7 Å². The van der Waals surface area contributed by atoms with Gasteiger partial charge in [-0.1, -0.05) is 36.9 Å². The molecule has 0 fully saturated rings. The number of aliphatic carboxylic acids is 1. The second kappa shape index (κ2) is 7.90. The zero-order valence-electron chi connectivity index (χ0n) is 10.6. The summed E-state index contributed by atoms with van der Waals surface area (Å²) >= 11 is 0. The first kappa shape index (κ1) is 14.7. The molecular weight excluding hydrogens is 242 g/mol. The molecule has 4 heteroatoms. The molecule has 0 aromatic heterocycles. The number of benzene rings is 1. The van der Waals surface area contributed by atoms with E-state index in [4.69, 9.17) is 5.11 Å². The molecule has 0 bridgehead atoms. The highest BCUT2D eigenvalue weighted by Crippen LogP contribution is 2.02. The number of hydrogen-bond donors (Lipinski definition) is 2. The summed E-state index contributed by atoms with van der Waals surface area (Å²) in [5.41, 5.74) is 3.49. The molecule has 0 radical (unpaired) electrons. The molecule has 0 saturated carbocycles. The molecule has 0 saturated heterocycles. The van der Waals surface area contributed by atoms with Gasteiger partial charge in [0, 0.05) is 6.42 Å². The topological polar surface area (TPSA) is 66.4 Å². The van der Waals surface area contributed by atoms with Gasteiger partial charge in [-0.15, -0.1) is 5.73 Å². The molecule has 1 aromatic rings. The lowest BCUT2D eigenvalue weighted by Crippen LogP contribution is -2.34. The molecule has 0 aliphatic carbocycles. The molecule has 1 rings (SSSR count). The normalized spacial score (nSPS) is 11.2. The quantitative estimate of drug-likeness (QED) is 0.735. The molecule has 19 heavy (non-hydrogen) atoms. The van der Waals surface area contributed by atoms with Crippen LogP contribution >= 0.6 is 0 Å². The van der Waals surface area contributed by atoms with Gasteiger partial charge in [-0.05, 0) is 18.1 Å². The molecule has 0 heterocycles. The lowest BCUT2D eigenvalue weighted by Gasteiger charge is -2.13. The molecule has 0 aliphatic rings. The maximum absolute atomic E-state index is 11.8. The first-order valence-electron chi connectivity index (χ1n) is 6.03. The minimum atomic E-state index is -0.889. The summed E-state index contributed by atoms with van der Waals surface area (Å²) in [6.45, 7) is 3.44. The van der Waals surface area contributed by atoms with Crippen LogP contribution in [0.3, 0.4) is 0 Å². The summed E-state index contributed by atoms with van der Waals surface area (Å²) in [7, 11) is 0. The Labute approximate surface area is 112 Å². The van der Waals surface area contributed by atoms with Crippen LogP contribution in [0.5, 0.6) is 0 Å². The summed E-state index contributed by atoms with van der Waals surface area (Å²) < 4.78 is 0. The average Bonchev–Trinajstić information content (AvgIpc) is 2.37. The molecule has 1 amide bonds. The zero-order valence-corrected chi connectivity index (χ0v) is 10.6. The van der Waals surface area contributed by atoms with Crippen molar-refractivity contribution in [1.29, 1.82) is 0 Å². The van der Waals surface area contributed by atoms with Crippen molar-refractivity contribution in [3.63, 3.8) is 0 Å². The molecule has 2 N–H and O–H groups in total. The Morgan fingerprint density at radius 2 is 2.05 bits per heavy atom. The van der Waals surface area contributed by atoms with Gasteiger partial charge >= 0.3 is 5.97 Å². The maximum Gasteiger partial charge on any atom is 0.303 e. The van der Waals surface area contributed by atoms with Crippen LogP contribution in [0.2, 0.25) is 0 Å². The molecule has 100 valence electrons. The molecule has 1 aromatic carbocycles. The number of nitrogens with one attached hydrogen (secondary N) is 1. The zero-order chi connectivity index (χ0) is 14.1. The molecule has 4 nitrogen and oxygen atoms in total. The van der Waals surface area contributed by atoms with E-state index >= 15 is 0 Å². The Kier molecular flexibility index (Phi) is 6.13. The Morgan fingerprint density at radius 1 is 1.37 bits per heavy atom. The first-order chi connectivity index (χ1) is 9.11. The molecule has 0 aliphatic heterocycles. The van der Waals surface area contributed by atoms with E-state index in [2.05, 4.69) is 17.6 Å². The van der Waals surface area contributed by atoms with Crippen molar-refractivity contribution in [3.8, 4) is 0 Å². The molecule has 0 unspecified atom stereocenters. The van der Waals surface area contributed by atoms with Gasteiger partial charge in [0.1, 0.15) is 0 Å². The number of rotatable bonds is 7. The van der Waals surface area contributed by atoms with Crippen molar-refractivity contribution >= 4 is 11.9 Å². The highest BCUT2D eigenvalue weighted by molar-refractivity contribution is 5.79. The Balaban J connectivity index is 2.51. The molecular formula is C15H17NO3. The van der Waals surface area contributed by atoms with E-state index in [0.29, 0.717) is 6.42 Å². The summed E-state index contributed by atoms with van der Waals surface area (Å²) in [6.07, 6.45) is 2.17. The lowest BCUT2D eigenvalue weighted by atomic mass is 10.1. The fraction of sp³-hybridized carbons (Fsp3) is 0.267. The van der Waals surface area contributed by atoms with E-state index in [1.54, 1.807) is 6.08 Å². The number of amides is 1. The fourth-order valence-corrected chi connectivity index (χ4v) is 1.66. The van der Waals surface area contributed by atoms with Gasteiger partial charge in [0.05, 0.1) is 12.5 Å². The van der Waals surface area contributed by atoms with Gasteiger partial charge in [0.25, 0.3) is 0 Å². The number of carbonyl (C=O) groups is 2. The first-order valence-corrected chi connectivity index (χ1v) is 6.03. The third-order valence-electron chi connectivity index (χ3n) is 2.54. The second-order valence-electron chi connectivity index (χ2n) is 4.14. The van der Waals surface area contributed by atoms with Crippen molar-refractivity contribution in [3.05, 3.63) is 54.3 Å². The van der Waals surface area contributed by atoms with Gasteiger partial charge in [0.15, 0.2) is 0 Å². The Hall–Kier alpha value is -2.32. The Morgan fingerprint density at radius 3 is 2.63 bits per heavy atom. The van der Waals surface area contributed by atoms with Crippen LogP contribution < -0.4 is 5.32 Å². The van der Waals surface area contributed by atoms with Gasteiger partial charge < -0.3 is 10.4 Å². The van der Waals surface area contributed by atoms with Gasteiger partial charge in [-0.3, -0.25) is 9.59 Å². The largest absolute Gasteiger partial charge is 0.481 e. The molecule has 1 atom stereocenters. The molecule has 0 spiro atoms. The van der Waals surface area contributed by atoms with E-state index in [0.717, 1.165) is 5.56 Å². The van der Waals surface area contributed by atoms with E-state index in [1.807, 2.05) is 30.3 Å². The lowest BCUT2D eigenvalue weighted by molar-refractivity contribution is -0.137. The summed E-state index contributed by atoms with van der Waals surface area (Å²) in [5.74, 6) is -1.03. The predicted octanol–water partition coefficient (Wildman–Crippen LogP) is 1.92. The van der Waals surface area contributed by atoms with E-state index in [9.17, 15) is 9.59 Å². The third-order valence-corrected chi connectivity index (χ3v) is 2.54. The van der Waals surface area contributed by atoms with E-state index < -0.39 is 5.97 Å². The number of carbonyl (C=O) groups excluding carboxylic acids is 1. The van der Waals surface area contributed by atoms with Crippen molar-refractivity contribution in [2.45, 2.75) is 25.3 Å². The Bertz CT molecular complexity index is 475. The van der Waals surface area contributed by atoms with Crippen LogP contribution in [0.4, 0.5) is 0 Å². The van der Waals surface area contributed by atoms with Crippen LogP contribution in [0.25, 0.3) is 0 Å². The average molecular weight is 259 g/mol. The van der Waals surface area contributed by atoms with E-state index in [1.165, 1.54) is 0 Å². The summed E-state index contributed by atoms with van der Waals surface area (Å²) in [5, 5.41) is 11.4. The summed E-state index contributed by atoms with van der Waals surface area (Å²) in [6, 6.07) is 9.02. The number of hydrogen-bond acceptors (Lipinski definition) is 2. The minimum absolute atomic E-state index is 0.00549. The minimum Gasteiger partial charge on any atom is -0.481 e. The maximum atomic E-state index is 11.8. The van der Waals surface area contributed by atoms with Crippen LogP contribution in [0.15, 0.2) is 48.7 Å². The monoisotopic (exact) mass is 259 g/mol. The highest BCUT2D eigenvalue weighted by Gasteiger charge is 2.11. The van der Waals surface area contributed by atoms with Crippen LogP contribution in [0.1, 0.15) is 18.4 Å². The fourth-order valence-electron chi connectivity index (χ4n) is 1.66. The summed E-state index contributed by atoms with van der Waals surface area (Å²) in [4.78, 5) is 22.3. The van der Waals surface area contributed by atoms with Gasteiger partial charge in [-0.2, -0.15) is 0 Å². The number of carboxylic acids is 1. The smallest absolute Gasteiger partial charge is 0.303 e. The van der Waals surface area contributed by atoms with Gasteiger partial charge in [-0.25, -0.2) is 0 Å². The standard InChI is InChI=1S/C15H17NO3/c1-2-6-13(9-10-15(18)19)16-14(17)11-12-7-4-3-5-8-12/h3-8,13H,1,9-11H2,(H,16,17)(H,18,19)/t13-/m1/s1. The number of carboxylic acid groups (broad SMARTS) is 1. The van der Waals surface area contributed by atoms with Crippen molar-refractivity contribution in [1.82, 2.24) is 5.32 Å². The van der Waals surface area contributed by atoms with Crippen molar-refractivity contribution in [2.24, 2.45) is 0 Å². The predicted molar refractivity (Wildman–Crippen MR) is 72.7 cm³/mol. The highest BCUT2D eigenvalue weighted by atomic mass is 16.4. The third kappa shape index (κ3) is 6.24. The van der Waals surface area contributed by atoms with Crippen LogP contribution in [-0.4, -0.2) is 23.0 Å². The van der Waals surface area contributed by atoms with E-state index in [-0.39, 0.29) is 24.8 Å². The second-order valence-corrected chi connectivity index (χ2v) is 4.14. The van der Waals surface area contributed by atoms with Gasteiger partial charge in [0.2, 0.25) is 5.91 Å². The SMILES string of the molecule is C=C=C[C@H](CCC(=O)O)NC(=O)Cc1ccccc1. The van der Waals surface area contributed by atoms with Crippen LogP contribution in [-0.2, 0) is 16.0 Å². The van der Waals surface area contributed by atoms with Crippen molar-refractivity contribution in [2.75, 3.05) is 0 Å². The van der Waals surface area contributed by atoms with Crippen LogP contribution in [0, 0.1) is 0 Å².